The Morgan fingerprint density at radius 3 is 2.62 bits per heavy atom. The number of carbonyl (C=O) groups is 1. The highest BCUT2D eigenvalue weighted by Gasteiger charge is 2.27. The zero-order chi connectivity index (χ0) is 20.4. The molecule has 0 unspecified atom stereocenters. The molecule has 0 atom stereocenters. The van der Waals surface area contributed by atoms with E-state index < -0.39 is 0 Å². The van der Waals surface area contributed by atoms with Crippen LogP contribution >= 0.6 is 11.6 Å². The number of pyridine rings is 1. The fourth-order valence-electron chi connectivity index (χ4n) is 4.29. The van der Waals surface area contributed by atoms with Crippen LogP contribution in [0, 0.1) is 6.92 Å². The van der Waals surface area contributed by atoms with Crippen molar-refractivity contribution in [3.8, 4) is 11.3 Å². The van der Waals surface area contributed by atoms with Crippen molar-refractivity contribution in [3.63, 3.8) is 0 Å². The Morgan fingerprint density at radius 2 is 1.90 bits per heavy atom. The van der Waals surface area contributed by atoms with Gasteiger partial charge in [-0.05, 0) is 37.1 Å². The quantitative estimate of drug-likeness (QED) is 0.716. The van der Waals surface area contributed by atoms with Crippen LogP contribution in [0.1, 0.15) is 29.3 Å². The highest BCUT2D eigenvalue weighted by atomic mass is 35.5. The van der Waals surface area contributed by atoms with Crippen molar-refractivity contribution in [1.29, 1.82) is 0 Å². The molecule has 0 spiro atoms. The zero-order valence-corrected chi connectivity index (χ0v) is 17.8. The van der Waals surface area contributed by atoms with Crippen molar-refractivity contribution < 1.29 is 9.69 Å². The van der Waals surface area contributed by atoms with Gasteiger partial charge in [-0.15, -0.1) is 0 Å². The number of benzene rings is 2. The third-order valence-corrected chi connectivity index (χ3v) is 6.04. The predicted octanol–water partition coefficient (Wildman–Crippen LogP) is 3.61. The number of hydrogen-bond acceptors (Lipinski definition) is 2. The van der Waals surface area contributed by atoms with E-state index >= 15 is 0 Å². The second-order valence-corrected chi connectivity index (χ2v) is 8.22. The van der Waals surface area contributed by atoms with Crippen molar-refractivity contribution in [3.05, 3.63) is 64.7 Å². The Morgan fingerprint density at radius 1 is 1.14 bits per heavy atom. The van der Waals surface area contributed by atoms with E-state index in [2.05, 4.69) is 6.92 Å². The fraction of sp³-hybridized carbons (Fsp3) is 0.333. The zero-order valence-electron chi connectivity index (χ0n) is 17.0. The molecule has 2 aromatic carbocycles. The lowest BCUT2D eigenvalue weighted by Gasteiger charge is -2.32. The molecule has 1 fully saturated rings. The lowest BCUT2D eigenvalue weighted by atomic mass is 9.96. The van der Waals surface area contributed by atoms with Crippen LogP contribution in [0.3, 0.4) is 0 Å². The SMILES string of the molecule is CCC[NH+]1CCN(C(=O)c2c(C)c(-c3cccc(Cl)c3)nc3ccccc23)CC1. The summed E-state index contributed by atoms with van der Waals surface area (Å²) in [5, 5.41) is 1.59. The van der Waals surface area contributed by atoms with Crippen LogP contribution in [0.2, 0.25) is 5.02 Å². The Bertz CT molecular complexity index is 1040. The summed E-state index contributed by atoms with van der Waals surface area (Å²) >= 11 is 6.22. The largest absolute Gasteiger partial charge is 0.332 e. The summed E-state index contributed by atoms with van der Waals surface area (Å²) in [5.74, 6) is 0.111. The van der Waals surface area contributed by atoms with Gasteiger partial charge in [0.25, 0.3) is 5.91 Å². The summed E-state index contributed by atoms with van der Waals surface area (Å²) in [6, 6.07) is 15.6. The number of halogens is 1. The summed E-state index contributed by atoms with van der Waals surface area (Å²) in [7, 11) is 0. The smallest absolute Gasteiger partial charge is 0.255 e. The monoisotopic (exact) mass is 408 g/mol. The lowest BCUT2D eigenvalue weighted by Crippen LogP contribution is -3.14. The molecule has 4 rings (SSSR count). The molecular weight excluding hydrogens is 382 g/mol. The van der Waals surface area contributed by atoms with Crippen molar-refractivity contribution in [1.82, 2.24) is 9.88 Å². The van der Waals surface area contributed by atoms with Crippen molar-refractivity contribution in [2.75, 3.05) is 32.7 Å². The number of piperazine rings is 1. The van der Waals surface area contributed by atoms with Gasteiger partial charge in [0.1, 0.15) is 0 Å². The molecule has 4 nitrogen and oxygen atoms in total. The predicted molar refractivity (Wildman–Crippen MR) is 119 cm³/mol. The summed E-state index contributed by atoms with van der Waals surface area (Å²) in [6.45, 7) is 9.03. The molecule has 1 saturated heterocycles. The van der Waals surface area contributed by atoms with Gasteiger partial charge in [-0.3, -0.25) is 4.79 Å². The van der Waals surface area contributed by atoms with Gasteiger partial charge in [0.05, 0.1) is 49.5 Å². The van der Waals surface area contributed by atoms with E-state index in [0.29, 0.717) is 5.02 Å². The minimum atomic E-state index is 0.111. The number of aromatic nitrogens is 1. The highest BCUT2D eigenvalue weighted by molar-refractivity contribution is 6.30. The second-order valence-electron chi connectivity index (χ2n) is 7.78. The molecule has 0 saturated carbocycles. The molecule has 29 heavy (non-hydrogen) atoms. The Balaban J connectivity index is 1.77. The number of nitrogens with one attached hydrogen (secondary N) is 1. The van der Waals surface area contributed by atoms with Gasteiger partial charge < -0.3 is 9.80 Å². The Kier molecular flexibility index (Phi) is 5.84. The van der Waals surface area contributed by atoms with E-state index in [4.69, 9.17) is 16.6 Å². The van der Waals surface area contributed by atoms with E-state index in [9.17, 15) is 4.79 Å². The number of fused-ring (bicyclic) bond motifs is 1. The molecule has 1 aromatic heterocycles. The average Bonchev–Trinajstić information content (AvgIpc) is 2.74. The number of amides is 1. The number of hydrogen-bond donors (Lipinski definition) is 1. The van der Waals surface area contributed by atoms with Crippen LogP contribution in [0.5, 0.6) is 0 Å². The number of quaternary nitrogens is 1. The lowest BCUT2D eigenvalue weighted by molar-refractivity contribution is -0.904. The Labute approximate surface area is 177 Å². The Hall–Kier alpha value is -2.43. The first-order valence-corrected chi connectivity index (χ1v) is 10.7. The molecule has 1 N–H and O–H groups in total. The van der Waals surface area contributed by atoms with E-state index in [1.54, 1.807) is 4.90 Å². The van der Waals surface area contributed by atoms with Gasteiger partial charge in [-0.25, -0.2) is 4.98 Å². The van der Waals surface area contributed by atoms with Gasteiger partial charge >= 0.3 is 0 Å². The average molecular weight is 409 g/mol. The maximum absolute atomic E-state index is 13.6. The molecule has 150 valence electrons. The highest BCUT2D eigenvalue weighted by Crippen LogP contribution is 2.31. The van der Waals surface area contributed by atoms with Crippen molar-refractivity contribution in [2.24, 2.45) is 0 Å². The summed E-state index contributed by atoms with van der Waals surface area (Å²) in [4.78, 5) is 22.1. The standard InChI is InChI=1S/C24H26ClN3O/c1-3-11-27-12-14-28(15-13-27)24(29)22-17(2)23(18-7-6-8-19(25)16-18)26-21-10-5-4-9-20(21)22/h4-10,16H,3,11-15H2,1-2H3/p+1. The molecule has 3 aromatic rings. The van der Waals surface area contributed by atoms with Gasteiger partial charge in [0.2, 0.25) is 0 Å². The first-order valence-electron chi connectivity index (χ1n) is 10.4. The molecule has 1 aliphatic heterocycles. The van der Waals surface area contributed by atoms with Gasteiger partial charge in [-0.2, -0.15) is 0 Å². The number of para-hydroxylation sites is 1. The van der Waals surface area contributed by atoms with E-state index in [1.165, 1.54) is 13.0 Å². The van der Waals surface area contributed by atoms with Gasteiger partial charge in [-0.1, -0.05) is 48.9 Å². The van der Waals surface area contributed by atoms with E-state index in [0.717, 1.165) is 59.5 Å². The minimum absolute atomic E-state index is 0.111. The molecule has 0 aliphatic carbocycles. The second kappa shape index (κ2) is 8.52. The summed E-state index contributed by atoms with van der Waals surface area (Å²) in [6.07, 6.45) is 1.18. The minimum Gasteiger partial charge on any atom is -0.332 e. The summed E-state index contributed by atoms with van der Waals surface area (Å²) in [5.41, 5.74) is 4.28. The first-order chi connectivity index (χ1) is 14.1. The van der Waals surface area contributed by atoms with Gasteiger partial charge in [0.15, 0.2) is 0 Å². The summed E-state index contributed by atoms with van der Waals surface area (Å²) < 4.78 is 0. The van der Waals surface area contributed by atoms with Crippen LogP contribution < -0.4 is 4.90 Å². The molecule has 1 amide bonds. The van der Waals surface area contributed by atoms with Crippen LogP contribution in [-0.4, -0.2) is 48.5 Å². The number of rotatable bonds is 4. The van der Waals surface area contributed by atoms with Crippen molar-refractivity contribution in [2.45, 2.75) is 20.3 Å². The molecule has 5 heteroatoms. The molecule has 1 aliphatic rings. The normalized spacial score (nSPS) is 15.1. The third kappa shape index (κ3) is 4.00. The van der Waals surface area contributed by atoms with E-state index in [-0.39, 0.29) is 5.91 Å². The van der Waals surface area contributed by atoms with Crippen LogP contribution in [0.25, 0.3) is 22.2 Å². The molecule has 0 bridgehead atoms. The molecular formula is C24H27ClN3O+. The number of carbonyl (C=O) groups excluding carboxylic acids is 1. The molecule has 2 heterocycles. The third-order valence-electron chi connectivity index (χ3n) is 5.81. The van der Waals surface area contributed by atoms with Crippen LogP contribution in [0.4, 0.5) is 0 Å². The van der Waals surface area contributed by atoms with E-state index in [1.807, 2.05) is 60.4 Å². The maximum Gasteiger partial charge on any atom is 0.255 e. The van der Waals surface area contributed by atoms with Crippen LogP contribution in [0.15, 0.2) is 48.5 Å². The maximum atomic E-state index is 13.6. The van der Waals surface area contributed by atoms with Gasteiger partial charge in [0, 0.05) is 16.0 Å². The first kappa shape index (κ1) is 19.9. The number of nitrogens with zero attached hydrogens (tertiary/aromatic N) is 2. The molecule has 0 radical (unpaired) electrons. The fourth-order valence-corrected chi connectivity index (χ4v) is 4.48. The topological polar surface area (TPSA) is 37.6 Å². The van der Waals surface area contributed by atoms with Crippen LogP contribution in [-0.2, 0) is 0 Å². The van der Waals surface area contributed by atoms with Crippen molar-refractivity contribution >= 4 is 28.4 Å².